The first-order valence-electron chi connectivity index (χ1n) is 8.57. The number of aliphatic carboxylic acids is 1. The Kier molecular flexibility index (Phi) is 7.40. The zero-order valence-electron chi connectivity index (χ0n) is 15.1. The zero-order valence-corrected chi connectivity index (χ0v) is 15.9. The summed E-state index contributed by atoms with van der Waals surface area (Å²) in [5.74, 6) is -0.100. The van der Waals surface area contributed by atoms with Crippen LogP contribution in [-0.4, -0.2) is 52.5 Å². The van der Waals surface area contributed by atoms with Gasteiger partial charge in [0.2, 0.25) is 0 Å². The minimum atomic E-state index is -1.27. The van der Waals surface area contributed by atoms with Gasteiger partial charge in [0.1, 0.15) is 16.7 Å². The Balaban J connectivity index is 2.11. The van der Waals surface area contributed by atoms with Gasteiger partial charge in [-0.1, -0.05) is 6.42 Å². The lowest BCUT2D eigenvalue weighted by atomic mass is 10.1. The number of methoxy groups -OCH3 is 1. The molecule has 6 nitrogen and oxygen atoms in total. The van der Waals surface area contributed by atoms with Crippen molar-refractivity contribution in [2.24, 2.45) is 0 Å². The molecule has 1 heterocycles. The van der Waals surface area contributed by atoms with Crippen LogP contribution >= 0.6 is 0 Å². The summed E-state index contributed by atoms with van der Waals surface area (Å²) in [5.41, 5.74) is 1.90. The molecule has 0 saturated carbocycles. The highest BCUT2D eigenvalue weighted by Crippen LogP contribution is 2.29. The number of hydrogen-bond donors (Lipinski definition) is 1. The van der Waals surface area contributed by atoms with Crippen molar-refractivity contribution in [3.05, 3.63) is 23.3 Å². The highest BCUT2D eigenvalue weighted by atomic mass is 32.2. The third kappa shape index (κ3) is 5.26. The van der Waals surface area contributed by atoms with Gasteiger partial charge < -0.3 is 14.6 Å². The molecule has 2 atom stereocenters. The second-order valence-electron chi connectivity index (χ2n) is 6.35. The number of hydrogen-bond acceptors (Lipinski definition) is 4. The Bertz CT molecular complexity index is 611. The van der Waals surface area contributed by atoms with Crippen molar-refractivity contribution in [1.29, 1.82) is 0 Å². The highest BCUT2D eigenvalue weighted by molar-refractivity contribution is 7.82. The van der Waals surface area contributed by atoms with E-state index in [0.29, 0.717) is 6.61 Å². The molecule has 0 radical (unpaired) electrons. The average Bonchev–Trinajstić information content (AvgIpc) is 2.58. The Morgan fingerprint density at radius 3 is 2.60 bits per heavy atom. The minimum Gasteiger partial charge on any atom is -0.497 e. The van der Waals surface area contributed by atoms with Crippen molar-refractivity contribution < 1.29 is 23.6 Å². The third-order valence-corrected chi connectivity index (χ3v) is 6.30. The van der Waals surface area contributed by atoms with Crippen LogP contribution < -0.4 is 4.74 Å². The van der Waals surface area contributed by atoms with Gasteiger partial charge in [-0.2, -0.15) is 0 Å². The van der Waals surface area contributed by atoms with E-state index in [4.69, 9.17) is 14.6 Å². The first kappa shape index (κ1) is 19.9. The van der Waals surface area contributed by atoms with Crippen molar-refractivity contribution in [3.63, 3.8) is 0 Å². The first-order chi connectivity index (χ1) is 11.9. The fourth-order valence-electron chi connectivity index (χ4n) is 3.16. The van der Waals surface area contributed by atoms with Crippen LogP contribution in [0.3, 0.4) is 0 Å². The second-order valence-corrected chi connectivity index (χ2v) is 7.72. The lowest BCUT2D eigenvalue weighted by Crippen LogP contribution is -2.43. The van der Waals surface area contributed by atoms with Crippen LogP contribution in [0.1, 0.15) is 36.8 Å². The van der Waals surface area contributed by atoms with Crippen LogP contribution in [-0.2, 0) is 20.5 Å². The molecular formula is C18H27NO5S. The summed E-state index contributed by atoms with van der Waals surface area (Å²) in [5, 5.41) is 8.69. The van der Waals surface area contributed by atoms with E-state index in [9.17, 15) is 9.00 Å². The van der Waals surface area contributed by atoms with E-state index in [0.717, 1.165) is 47.6 Å². The molecule has 0 amide bonds. The Hall–Kier alpha value is -1.44. The van der Waals surface area contributed by atoms with Crippen molar-refractivity contribution in [3.8, 4) is 5.75 Å². The fourth-order valence-corrected chi connectivity index (χ4v) is 4.79. The van der Waals surface area contributed by atoms with Crippen LogP contribution in [0.5, 0.6) is 5.75 Å². The van der Waals surface area contributed by atoms with Gasteiger partial charge in [0.05, 0.1) is 31.6 Å². The maximum atomic E-state index is 13.2. The molecule has 1 fully saturated rings. The fraction of sp³-hybridized carbons (Fsp3) is 0.611. The number of carbonyl (C=O) groups is 1. The van der Waals surface area contributed by atoms with Gasteiger partial charge in [0.15, 0.2) is 0 Å². The van der Waals surface area contributed by atoms with Gasteiger partial charge in [-0.05, 0) is 49.9 Å². The molecule has 1 aliphatic rings. The smallest absolute Gasteiger partial charge is 0.305 e. The number of nitrogens with zero attached hydrogens (tertiary/aromatic N) is 1. The third-order valence-electron chi connectivity index (χ3n) is 4.40. The summed E-state index contributed by atoms with van der Waals surface area (Å²) < 4.78 is 26.0. The predicted molar refractivity (Wildman–Crippen MR) is 96.3 cm³/mol. The summed E-state index contributed by atoms with van der Waals surface area (Å²) in [6.45, 7) is 5.25. The number of piperidine rings is 1. The number of aryl methyl sites for hydroxylation is 2. The summed E-state index contributed by atoms with van der Waals surface area (Å²) in [7, 11) is 0.359. The first-order valence-corrected chi connectivity index (χ1v) is 9.68. The summed E-state index contributed by atoms with van der Waals surface area (Å²) in [6.07, 6.45) is 2.98. The molecule has 2 unspecified atom stereocenters. The molecule has 1 saturated heterocycles. The van der Waals surface area contributed by atoms with E-state index >= 15 is 0 Å². The van der Waals surface area contributed by atoms with Crippen LogP contribution in [0.2, 0.25) is 0 Å². The number of benzene rings is 1. The number of ether oxygens (including phenoxy) is 2. The minimum absolute atomic E-state index is 0.00744. The van der Waals surface area contributed by atoms with Crippen molar-refractivity contribution in [2.45, 2.75) is 50.5 Å². The molecule has 0 bridgehead atoms. The molecule has 1 N–H and O–H groups in total. The number of rotatable bonds is 8. The van der Waals surface area contributed by atoms with E-state index < -0.39 is 17.0 Å². The molecule has 1 aliphatic heterocycles. The molecule has 140 valence electrons. The van der Waals surface area contributed by atoms with Crippen LogP contribution in [0.15, 0.2) is 17.0 Å². The van der Waals surface area contributed by atoms with Gasteiger partial charge in [-0.25, -0.2) is 8.51 Å². The summed E-state index contributed by atoms with van der Waals surface area (Å²) >= 11 is 0. The monoisotopic (exact) mass is 369 g/mol. The second kappa shape index (κ2) is 9.31. The molecule has 0 aromatic heterocycles. The Morgan fingerprint density at radius 1 is 1.32 bits per heavy atom. The molecular weight excluding hydrogens is 342 g/mol. The normalized spacial score (nSPS) is 19.6. The van der Waals surface area contributed by atoms with Crippen molar-refractivity contribution in [1.82, 2.24) is 4.31 Å². The van der Waals surface area contributed by atoms with Gasteiger partial charge >= 0.3 is 5.97 Å². The Labute approximate surface area is 151 Å². The molecule has 0 spiro atoms. The van der Waals surface area contributed by atoms with Gasteiger partial charge in [0.25, 0.3) is 0 Å². The highest BCUT2D eigenvalue weighted by Gasteiger charge is 2.29. The van der Waals surface area contributed by atoms with Gasteiger partial charge in [0, 0.05) is 12.6 Å². The molecule has 2 rings (SSSR count). The quantitative estimate of drug-likeness (QED) is 0.713. The maximum absolute atomic E-state index is 13.2. The van der Waals surface area contributed by atoms with E-state index in [1.54, 1.807) is 7.11 Å². The average molecular weight is 369 g/mol. The molecule has 1 aromatic carbocycles. The Morgan fingerprint density at radius 2 is 2.00 bits per heavy atom. The van der Waals surface area contributed by atoms with E-state index in [1.807, 2.05) is 30.3 Å². The van der Waals surface area contributed by atoms with Crippen molar-refractivity contribution in [2.75, 3.05) is 26.9 Å². The summed E-state index contributed by atoms with van der Waals surface area (Å²) in [6, 6.07) is 3.86. The topological polar surface area (TPSA) is 76.1 Å². The van der Waals surface area contributed by atoms with Crippen LogP contribution in [0.4, 0.5) is 0 Å². The summed E-state index contributed by atoms with van der Waals surface area (Å²) in [4.78, 5) is 11.4. The molecule has 1 aromatic rings. The van der Waals surface area contributed by atoms with E-state index in [-0.39, 0.29) is 19.1 Å². The molecule has 25 heavy (non-hydrogen) atoms. The van der Waals surface area contributed by atoms with E-state index in [2.05, 4.69) is 0 Å². The van der Waals surface area contributed by atoms with Crippen molar-refractivity contribution >= 4 is 17.0 Å². The van der Waals surface area contributed by atoms with Crippen LogP contribution in [0, 0.1) is 13.8 Å². The zero-order chi connectivity index (χ0) is 18.4. The lowest BCUT2D eigenvalue weighted by Gasteiger charge is -2.34. The maximum Gasteiger partial charge on any atom is 0.305 e. The van der Waals surface area contributed by atoms with Crippen LogP contribution in [0.25, 0.3) is 0 Å². The largest absolute Gasteiger partial charge is 0.497 e. The van der Waals surface area contributed by atoms with E-state index in [1.165, 1.54) is 0 Å². The predicted octanol–water partition coefficient (Wildman–Crippen LogP) is 2.68. The molecule has 7 heteroatoms. The van der Waals surface area contributed by atoms with Gasteiger partial charge in [-0.3, -0.25) is 4.79 Å². The lowest BCUT2D eigenvalue weighted by molar-refractivity contribution is -0.138. The SMILES string of the molecule is COc1cc(C)c(S(=O)N2CCCCC2COCCC(=O)O)c(C)c1. The number of carboxylic acid groups (broad SMARTS) is 1. The number of carboxylic acids is 1. The molecule has 0 aliphatic carbocycles. The standard InChI is InChI=1S/C18H27NO5S/c1-13-10-16(23-3)11-14(2)18(13)25(22)19-8-5-4-6-15(19)12-24-9-7-17(20)21/h10-11,15H,4-9,12H2,1-3H3,(H,20,21). The van der Waals surface area contributed by atoms with Gasteiger partial charge in [-0.15, -0.1) is 0 Å².